The Labute approximate surface area is 150 Å². The third-order valence-electron chi connectivity index (χ3n) is 5.34. The van der Waals surface area contributed by atoms with Crippen molar-refractivity contribution in [1.82, 2.24) is 0 Å². The van der Waals surface area contributed by atoms with Gasteiger partial charge in [0.1, 0.15) is 0 Å². The Morgan fingerprint density at radius 2 is 1.88 bits per heavy atom. The SMILES string of the molecule is CCCC(C(=O)Nc1c(C)cc(C)cc1C(=O)OC)[N+]1(C)CCCC1. The van der Waals surface area contributed by atoms with E-state index in [9.17, 15) is 9.59 Å². The van der Waals surface area contributed by atoms with Crippen molar-refractivity contribution in [2.45, 2.75) is 52.5 Å². The monoisotopic (exact) mass is 347 g/mol. The van der Waals surface area contributed by atoms with Gasteiger partial charge in [-0.05, 0) is 37.5 Å². The Bertz CT molecular complexity index is 649. The summed E-state index contributed by atoms with van der Waals surface area (Å²) in [6.45, 7) is 8.03. The van der Waals surface area contributed by atoms with E-state index in [1.807, 2.05) is 19.9 Å². The topological polar surface area (TPSA) is 55.4 Å². The molecular formula is C20H31N2O3+. The molecule has 0 aromatic heterocycles. The maximum atomic E-state index is 13.1. The fourth-order valence-corrected chi connectivity index (χ4v) is 3.98. The van der Waals surface area contributed by atoms with E-state index in [4.69, 9.17) is 4.74 Å². The number of esters is 1. The zero-order valence-corrected chi connectivity index (χ0v) is 16.1. The second-order valence-corrected chi connectivity index (χ2v) is 7.42. The molecule has 0 bridgehead atoms. The second kappa shape index (κ2) is 8.00. The Morgan fingerprint density at radius 3 is 2.44 bits per heavy atom. The molecule has 25 heavy (non-hydrogen) atoms. The number of likely N-dealkylation sites (tertiary alicyclic amines) is 1. The van der Waals surface area contributed by atoms with Gasteiger partial charge in [0.05, 0.1) is 38.5 Å². The highest BCUT2D eigenvalue weighted by molar-refractivity contribution is 6.03. The van der Waals surface area contributed by atoms with E-state index < -0.39 is 5.97 Å². The number of quaternary nitrogens is 1. The molecule has 1 amide bonds. The summed E-state index contributed by atoms with van der Waals surface area (Å²) in [5.41, 5.74) is 2.86. The number of nitrogens with one attached hydrogen (secondary N) is 1. The quantitative estimate of drug-likeness (QED) is 0.633. The Kier molecular flexibility index (Phi) is 6.22. The Hall–Kier alpha value is -1.88. The molecule has 0 saturated carbocycles. The molecule has 1 heterocycles. The molecule has 5 heteroatoms. The first kappa shape index (κ1) is 19.4. The van der Waals surface area contributed by atoms with Gasteiger partial charge in [0, 0.05) is 19.3 Å². The fraction of sp³-hybridized carbons (Fsp3) is 0.600. The number of methoxy groups -OCH3 is 1. The van der Waals surface area contributed by atoms with E-state index in [0.717, 1.165) is 41.5 Å². The molecule has 1 aromatic carbocycles. The number of anilines is 1. The summed E-state index contributed by atoms with van der Waals surface area (Å²) in [5.74, 6) is -0.418. The van der Waals surface area contributed by atoms with Gasteiger partial charge in [-0.25, -0.2) is 4.79 Å². The van der Waals surface area contributed by atoms with E-state index in [1.54, 1.807) is 6.07 Å². The number of rotatable bonds is 6. The van der Waals surface area contributed by atoms with Crippen LogP contribution in [0, 0.1) is 13.8 Å². The lowest BCUT2D eigenvalue weighted by Crippen LogP contribution is -2.55. The van der Waals surface area contributed by atoms with Gasteiger partial charge in [0.2, 0.25) is 0 Å². The van der Waals surface area contributed by atoms with Gasteiger partial charge in [-0.15, -0.1) is 0 Å². The number of benzene rings is 1. The predicted molar refractivity (Wildman–Crippen MR) is 99.7 cm³/mol. The number of hydrogen-bond acceptors (Lipinski definition) is 3. The Morgan fingerprint density at radius 1 is 1.24 bits per heavy atom. The summed E-state index contributed by atoms with van der Waals surface area (Å²) in [6, 6.07) is 3.66. The molecular weight excluding hydrogens is 316 g/mol. The van der Waals surface area contributed by atoms with E-state index in [1.165, 1.54) is 20.0 Å². The minimum absolute atomic E-state index is 0.00311. The van der Waals surface area contributed by atoms with Crippen LogP contribution < -0.4 is 5.32 Å². The summed E-state index contributed by atoms with van der Waals surface area (Å²) in [4.78, 5) is 25.3. The number of amides is 1. The summed E-state index contributed by atoms with van der Waals surface area (Å²) < 4.78 is 5.69. The molecule has 0 aliphatic carbocycles. The zero-order chi connectivity index (χ0) is 18.6. The van der Waals surface area contributed by atoms with Crippen LogP contribution in [-0.2, 0) is 9.53 Å². The van der Waals surface area contributed by atoms with Crippen molar-refractivity contribution in [2.24, 2.45) is 0 Å². The number of carbonyl (C=O) groups excluding carboxylic acids is 2. The third-order valence-corrected chi connectivity index (χ3v) is 5.34. The van der Waals surface area contributed by atoms with Gasteiger partial charge in [0.15, 0.2) is 6.04 Å². The fourth-order valence-electron chi connectivity index (χ4n) is 3.98. The van der Waals surface area contributed by atoms with Crippen molar-refractivity contribution in [3.8, 4) is 0 Å². The van der Waals surface area contributed by atoms with Crippen LogP contribution in [0.2, 0.25) is 0 Å². The van der Waals surface area contributed by atoms with E-state index in [0.29, 0.717) is 11.3 Å². The second-order valence-electron chi connectivity index (χ2n) is 7.42. The predicted octanol–water partition coefficient (Wildman–Crippen LogP) is 3.44. The highest BCUT2D eigenvalue weighted by Crippen LogP contribution is 2.28. The van der Waals surface area contributed by atoms with Crippen molar-refractivity contribution in [3.05, 3.63) is 28.8 Å². The summed E-state index contributed by atoms with van der Waals surface area (Å²) in [6.07, 6.45) is 4.14. The molecule has 1 atom stereocenters. The van der Waals surface area contributed by atoms with Crippen molar-refractivity contribution in [1.29, 1.82) is 0 Å². The maximum absolute atomic E-state index is 13.1. The number of ether oxygens (including phenoxy) is 1. The van der Waals surface area contributed by atoms with Gasteiger partial charge in [-0.3, -0.25) is 4.79 Å². The van der Waals surface area contributed by atoms with Gasteiger partial charge in [-0.2, -0.15) is 0 Å². The number of likely N-dealkylation sites (N-methyl/N-ethyl adjacent to an activating group) is 1. The molecule has 1 aliphatic heterocycles. The van der Waals surface area contributed by atoms with Crippen LogP contribution >= 0.6 is 0 Å². The number of carbonyl (C=O) groups is 2. The standard InChI is InChI=1S/C20H30N2O3/c1-6-9-17(22(4)10-7-8-11-22)19(23)21-18-15(3)12-14(2)13-16(18)20(24)25-5/h12-13,17H,6-11H2,1-5H3/p+1. The van der Waals surface area contributed by atoms with E-state index >= 15 is 0 Å². The molecule has 5 nitrogen and oxygen atoms in total. The van der Waals surface area contributed by atoms with Crippen molar-refractivity contribution in [2.75, 3.05) is 32.6 Å². The van der Waals surface area contributed by atoms with Crippen LogP contribution in [0.1, 0.15) is 54.1 Å². The number of hydrogen-bond donors (Lipinski definition) is 1. The van der Waals surface area contributed by atoms with E-state index in [-0.39, 0.29) is 11.9 Å². The molecule has 1 fully saturated rings. The van der Waals surface area contributed by atoms with Crippen molar-refractivity contribution < 1.29 is 18.8 Å². The van der Waals surface area contributed by atoms with Crippen LogP contribution in [0.4, 0.5) is 5.69 Å². The van der Waals surface area contributed by atoms with E-state index in [2.05, 4.69) is 19.3 Å². The van der Waals surface area contributed by atoms with Crippen LogP contribution in [0.15, 0.2) is 12.1 Å². The molecule has 1 N–H and O–H groups in total. The summed E-state index contributed by atoms with van der Waals surface area (Å²) >= 11 is 0. The summed E-state index contributed by atoms with van der Waals surface area (Å²) in [5, 5.41) is 3.05. The Balaban J connectivity index is 2.33. The summed E-state index contributed by atoms with van der Waals surface area (Å²) in [7, 11) is 3.54. The highest BCUT2D eigenvalue weighted by Gasteiger charge is 2.40. The van der Waals surface area contributed by atoms with Crippen LogP contribution in [-0.4, -0.2) is 49.6 Å². The van der Waals surface area contributed by atoms with Gasteiger partial charge in [-0.1, -0.05) is 13.0 Å². The first-order valence-electron chi connectivity index (χ1n) is 9.17. The molecule has 1 aromatic rings. The lowest BCUT2D eigenvalue weighted by atomic mass is 10.0. The lowest BCUT2D eigenvalue weighted by molar-refractivity contribution is -0.913. The van der Waals surface area contributed by atoms with Crippen LogP contribution in [0.25, 0.3) is 0 Å². The molecule has 1 unspecified atom stereocenters. The molecule has 0 radical (unpaired) electrons. The van der Waals surface area contributed by atoms with Crippen LogP contribution in [0.5, 0.6) is 0 Å². The zero-order valence-electron chi connectivity index (χ0n) is 16.1. The third kappa shape index (κ3) is 4.21. The number of nitrogens with zero attached hydrogens (tertiary/aromatic N) is 1. The minimum Gasteiger partial charge on any atom is -0.465 e. The van der Waals surface area contributed by atoms with Crippen molar-refractivity contribution >= 4 is 17.6 Å². The first-order valence-corrected chi connectivity index (χ1v) is 9.17. The molecule has 138 valence electrons. The highest BCUT2D eigenvalue weighted by atomic mass is 16.5. The maximum Gasteiger partial charge on any atom is 0.339 e. The molecule has 0 spiro atoms. The van der Waals surface area contributed by atoms with Gasteiger partial charge < -0.3 is 14.5 Å². The smallest absolute Gasteiger partial charge is 0.339 e. The molecule has 1 saturated heterocycles. The van der Waals surface area contributed by atoms with Crippen molar-refractivity contribution in [3.63, 3.8) is 0 Å². The average Bonchev–Trinajstić information content (AvgIpc) is 3.01. The number of aryl methyl sites for hydroxylation is 2. The minimum atomic E-state index is -0.421. The normalized spacial score (nSPS) is 17.2. The van der Waals surface area contributed by atoms with Gasteiger partial charge in [0.25, 0.3) is 5.91 Å². The van der Waals surface area contributed by atoms with Gasteiger partial charge >= 0.3 is 5.97 Å². The largest absolute Gasteiger partial charge is 0.465 e. The average molecular weight is 347 g/mol. The first-order chi connectivity index (χ1) is 11.8. The lowest BCUT2D eigenvalue weighted by Gasteiger charge is -2.37. The molecule has 1 aliphatic rings. The van der Waals surface area contributed by atoms with Crippen LogP contribution in [0.3, 0.4) is 0 Å². The molecule has 2 rings (SSSR count).